The summed E-state index contributed by atoms with van der Waals surface area (Å²) in [4.78, 5) is 20.6. The van der Waals surface area contributed by atoms with Crippen molar-refractivity contribution in [3.05, 3.63) is 64.3 Å². The average molecular weight is 404 g/mol. The van der Waals surface area contributed by atoms with Crippen LogP contribution in [-0.2, 0) is 6.42 Å². The van der Waals surface area contributed by atoms with Crippen molar-refractivity contribution in [2.24, 2.45) is 0 Å². The van der Waals surface area contributed by atoms with Gasteiger partial charge in [0.05, 0.1) is 5.56 Å². The molecule has 4 heterocycles. The van der Waals surface area contributed by atoms with Gasteiger partial charge in [0.2, 0.25) is 5.89 Å². The summed E-state index contributed by atoms with van der Waals surface area (Å²) in [6.45, 7) is 2.80. The summed E-state index contributed by atoms with van der Waals surface area (Å²) in [7, 11) is 0. The Morgan fingerprint density at radius 2 is 2.17 bits per heavy atom. The maximum atomic E-state index is 13.0. The molecule has 1 fully saturated rings. The number of thiophene rings is 1. The predicted molar refractivity (Wildman–Crippen MR) is 112 cm³/mol. The van der Waals surface area contributed by atoms with Gasteiger partial charge in [0.15, 0.2) is 0 Å². The number of benzene rings is 1. The molecule has 1 aromatic carbocycles. The van der Waals surface area contributed by atoms with E-state index in [2.05, 4.69) is 22.1 Å². The van der Waals surface area contributed by atoms with Crippen LogP contribution in [0.3, 0.4) is 0 Å². The number of aromatic nitrogens is 3. The fraction of sp³-hybridized carbons (Fsp3) is 0.273. The third kappa shape index (κ3) is 3.21. The summed E-state index contributed by atoms with van der Waals surface area (Å²) in [5.41, 5.74) is 1.41. The first-order chi connectivity index (χ1) is 14.2. The average Bonchev–Trinajstić information content (AvgIpc) is 3.52. The molecule has 6 nitrogen and oxygen atoms in total. The third-order valence-corrected chi connectivity index (χ3v) is 6.45. The third-order valence-electron chi connectivity index (χ3n) is 5.36. The van der Waals surface area contributed by atoms with Gasteiger partial charge >= 0.3 is 0 Å². The molecule has 146 valence electrons. The molecule has 1 atom stereocenters. The molecule has 0 aliphatic carbocycles. The Balaban J connectivity index is 1.45. The van der Waals surface area contributed by atoms with E-state index in [1.165, 1.54) is 4.88 Å². The van der Waals surface area contributed by atoms with E-state index >= 15 is 0 Å². The molecule has 0 radical (unpaired) electrons. The lowest BCUT2D eigenvalue weighted by molar-refractivity contribution is 0.0716. The first kappa shape index (κ1) is 18.0. The zero-order chi connectivity index (χ0) is 19.8. The Morgan fingerprint density at radius 1 is 1.28 bits per heavy atom. The van der Waals surface area contributed by atoms with Crippen molar-refractivity contribution < 1.29 is 9.21 Å². The zero-order valence-corrected chi connectivity index (χ0v) is 16.9. The van der Waals surface area contributed by atoms with Gasteiger partial charge in [-0.25, -0.2) is 0 Å². The lowest BCUT2D eigenvalue weighted by Crippen LogP contribution is -2.30. The Bertz CT molecular complexity index is 1180. The number of rotatable bonds is 4. The normalized spacial score (nSPS) is 16.6. The zero-order valence-electron chi connectivity index (χ0n) is 16.0. The fourth-order valence-electron chi connectivity index (χ4n) is 3.87. The van der Waals surface area contributed by atoms with E-state index in [-0.39, 0.29) is 11.9 Å². The maximum Gasteiger partial charge on any atom is 0.267 e. The number of pyridine rings is 1. The molecule has 1 saturated heterocycles. The van der Waals surface area contributed by atoms with Crippen molar-refractivity contribution >= 4 is 28.0 Å². The summed E-state index contributed by atoms with van der Waals surface area (Å²) < 4.78 is 6.03. The van der Waals surface area contributed by atoms with Gasteiger partial charge in [-0.1, -0.05) is 31.2 Å². The van der Waals surface area contributed by atoms with Crippen LogP contribution in [0.5, 0.6) is 0 Å². The molecule has 5 rings (SSSR count). The highest BCUT2D eigenvalue weighted by molar-refractivity contribution is 7.10. The molecular formula is C22H20N4O2S. The standard InChI is InChI=1S/C22H20N4O2S/c1-2-16-12-15(13-29-16)22(27)26-11-5-8-18(26)20-24-25-21(28-20)19-17-7-4-3-6-14(17)9-10-23-19/h3-4,6-7,9-10,12-13,18H,2,5,8,11H2,1H3/t18-/m1/s1. The van der Waals surface area contributed by atoms with E-state index in [0.29, 0.717) is 24.0 Å². The summed E-state index contributed by atoms with van der Waals surface area (Å²) in [6.07, 6.45) is 4.42. The van der Waals surface area contributed by atoms with Crippen molar-refractivity contribution in [3.63, 3.8) is 0 Å². The molecule has 1 amide bonds. The summed E-state index contributed by atoms with van der Waals surface area (Å²) in [5, 5.41) is 12.5. The van der Waals surface area contributed by atoms with Crippen molar-refractivity contribution in [3.8, 4) is 11.6 Å². The first-order valence-electron chi connectivity index (χ1n) is 9.80. The minimum Gasteiger partial charge on any atom is -0.417 e. The number of fused-ring (bicyclic) bond motifs is 1. The minimum absolute atomic E-state index is 0.0338. The predicted octanol–water partition coefficient (Wildman–Crippen LogP) is 4.89. The highest BCUT2D eigenvalue weighted by atomic mass is 32.1. The number of likely N-dealkylation sites (tertiary alicyclic amines) is 1. The van der Waals surface area contributed by atoms with Crippen molar-refractivity contribution in [2.75, 3.05) is 6.54 Å². The van der Waals surface area contributed by atoms with Crippen LogP contribution < -0.4 is 0 Å². The Labute approximate surface area is 172 Å². The topological polar surface area (TPSA) is 72.1 Å². The maximum absolute atomic E-state index is 13.0. The van der Waals surface area contributed by atoms with E-state index < -0.39 is 0 Å². The van der Waals surface area contributed by atoms with Gasteiger partial charge in [-0.2, -0.15) is 0 Å². The van der Waals surface area contributed by atoms with E-state index in [1.807, 2.05) is 46.7 Å². The number of carbonyl (C=O) groups is 1. The van der Waals surface area contributed by atoms with Gasteiger partial charge in [0.25, 0.3) is 11.8 Å². The number of hydrogen-bond donors (Lipinski definition) is 0. The SMILES string of the molecule is CCc1cc(C(=O)N2CCC[C@@H]2c2nnc(-c3nccc4ccccc34)o2)cs1. The molecule has 1 aliphatic heterocycles. The summed E-state index contributed by atoms with van der Waals surface area (Å²) in [6, 6.07) is 11.7. The molecule has 0 N–H and O–H groups in total. The molecule has 7 heteroatoms. The van der Waals surface area contributed by atoms with Gasteiger partial charge < -0.3 is 9.32 Å². The van der Waals surface area contributed by atoms with Gasteiger partial charge in [0, 0.05) is 28.4 Å². The number of aryl methyl sites for hydroxylation is 1. The first-order valence-corrected chi connectivity index (χ1v) is 10.7. The quantitative estimate of drug-likeness (QED) is 0.484. The lowest BCUT2D eigenvalue weighted by Gasteiger charge is -2.21. The van der Waals surface area contributed by atoms with Crippen LogP contribution in [0.15, 0.2) is 52.4 Å². The molecule has 0 spiro atoms. The molecule has 0 bridgehead atoms. The Kier molecular flexibility index (Phi) is 4.60. The van der Waals surface area contributed by atoms with E-state index in [0.717, 1.165) is 35.6 Å². The number of amides is 1. The van der Waals surface area contributed by atoms with E-state index in [1.54, 1.807) is 17.5 Å². The van der Waals surface area contributed by atoms with Crippen LogP contribution in [0.4, 0.5) is 0 Å². The largest absolute Gasteiger partial charge is 0.417 e. The number of carbonyl (C=O) groups excluding carboxylic acids is 1. The Hall–Kier alpha value is -3.06. The van der Waals surface area contributed by atoms with Crippen LogP contribution in [0.1, 0.15) is 46.9 Å². The lowest BCUT2D eigenvalue weighted by atomic mass is 10.1. The van der Waals surface area contributed by atoms with Crippen molar-refractivity contribution in [1.29, 1.82) is 0 Å². The van der Waals surface area contributed by atoms with Crippen LogP contribution >= 0.6 is 11.3 Å². The summed E-state index contributed by atoms with van der Waals surface area (Å²) >= 11 is 1.63. The fourth-order valence-corrected chi connectivity index (χ4v) is 4.67. The van der Waals surface area contributed by atoms with Gasteiger partial charge in [-0.15, -0.1) is 21.5 Å². The van der Waals surface area contributed by atoms with Gasteiger partial charge in [-0.05, 0) is 36.8 Å². The van der Waals surface area contributed by atoms with Crippen LogP contribution in [-0.4, -0.2) is 32.5 Å². The molecule has 3 aromatic heterocycles. The molecular weight excluding hydrogens is 384 g/mol. The van der Waals surface area contributed by atoms with Crippen LogP contribution in [0.2, 0.25) is 0 Å². The van der Waals surface area contributed by atoms with Crippen LogP contribution in [0.25, 0.3) is 22.4 Å². The Morgan fingerprint density at radius 3 is 3.03 bits per heavy atom. The van der Waals surface area contributed by atoms with E-state index in [9.17, 15) is 4.79 Å². The monoisotopic (exact) mass is 404 g/mol. The summed E-state index contributed by atoms with van der Waals surface area (Å²) in [5.74, 6) is 0.901. The van der Waals surface area contributed by atoms with Crippen molar-refractivity contribution in [2.45, 2.75) is 32.2 Å². The van der Waals surface area contributed by atoms with E-state index in [4.69, 9.17) is 4.42 Å². The second-order valence-electron chi connectivity index (χ2n) is 7.14. The van der Waals surface area contributed by atoms with Gasteiger partial charge in [0.1, 0.15) is 11.7 Å². The number of nitrogens with zero attached hydrogens (tertiary/aromatic N) is 4. The van der Waals surface area contributed by atoms with Crippen molar-refractivity contribution in [1.82, 2.24) is 20.1 Å². The second-order valence-corrected chi connectivity index (χ2v) is 8.13. The highest BCUT2D eigenvalue weighted by Crippen LogP contribution is 2.35. The van der Waals surface area contributed by atoms with Gasteiger partial charge in [-0.3, -0.25) is 9.78 Å². The molecule has 0 unspecified atom stereocenters. The molecule has 29 heavy (non-hydrogen) atoms. The minimum atomic E-state index is -0.191. The smallest absolute Gasteiger partial charge is 0.267 e. The molecule has 0 saturated carbocycles. The van der Waals surface area contributed by atoms with Crippen LogP contribution in [0, 0.1) is 0 Å². The number of hydrogen-bond acceptors (Lipinski definition) is 6. The second kappa shape index (κ2) is 7.40. The highest BCUT2D eigenvalue weighted by Gasteiger charge is 2.35. The molecule has 4 aromatic rings. The molecule has 1 aliphatic rings.